The summed E-state index contributed by atoms with van der Waals surface area (Å²) in [6.45, 7) is 2.29. The first-order valence-corrected chi connectivity index (χ1v) is 10.6. The third-order valence-corrected chi connectivity index (χ3v) is 5.69. The molecule has 0 spiro atoms. The average molecular weight is 470 g/mol. The lowest BCUT2D eigenvalue weighted by molar-refractivity contribution is -0.600. The van der Waals surface area contributed by atoms with Gasteiger partial charge < -0.3 is 20.5 Å². The number of carbonyl (C=O) groups is 1. The largest absolute Gasteiger partial charge is 0.392 e. The summed E-state index contributed by atoms with van der Waals surface area (Å²) in [5.41, 5.74) is 6.76. The number of hydrogen-bond acceptors (Lipinski definition) is 6. The van der Waals surface area contributed by atoms with E-state index in [0.717, 1.165) is 0 Å². The van der Waals surface area contributed by atoms with E-state index in [1.807, 2.05) is 4.90 Å². The van der Waals surface area contributed by atoms with Gasteiger partial charge in [-0.2, -0.15) is 9.78 Å². The zero-order chi connectivity index (χ0) is 23.8. The van der Waals surface area contributed by atoms with Crippen molar-refractivity contribution in [2.24, 2.45) is 5.73 Å². The summed E-state index contributed by atoms with van der Waals surface area (Å²) in [7, 11) is 0. The molecule has 0 saturated carbocycles. The van der Waals surface area contributed by atoms with E-state index in [0.29, 0.717) is 43.4 Å². The molecule has 4 aromatic rings. The van der Waals surface area contributed by atoms with Crippen molar-refractivity contribution in [3.8, 4) is 11.4 Å². The number of rotatable bonds is 6. The fraction of sp³-hybridized carbons (Fsp3) is 0.273. The van der Waals surface area contributed by atoms with Gasteiger partial charge in [-0.15, -0.1) is 4.52 Å². The third kappa shape index (κ3) is 3.86. The van der Waals surface area contributed by atoms with Crippen LogP contribution in [0.5, 0.6) is 0 Å². The third-order valence-electron chi connectivity index (χ3n) is 5.69. The van der Waals surface area contributed by atoms with Crippen LogP contribution in [0.15, 0.2) is 48.9 Å². The van der Waals surface area contributed by atoms with Crippen LogP contribution >= 0.6 is 0 Å². The van der Waals surface area contributed by atoms with Gasteiger partial charge in [0.1, 0.15) is 11.9 Å². The number of amides is 1. The summed E-state index contributed by atoms with van der Waals surface area (Å²) in [5, 5.41) is 13.3. The first-order valence-electron chi connectivity index (χ1n) is 10.6. The van der Waals surface area contributed by atoms with E-state index in [9.17, 15) is 18.7 Å². The van der Waals surface area contributed by atoms with Crippen LogP contribution in [-0.2, 0) is 11.3 Å². The van der Waals surface area contributed by atoms with Gasteiger partial charge in [0.25, 0.3) is 12.3 Å². The van der Waals surface area contributed by atoms with E-state index in [-0.39, 0.29) is 23.5 Å². The number of primary amides is 1. The van der Waals surface area contributed by atoms with Gasteiger partial charge in [0.05, 0.1) is 37.9 Å². The summed E-state index contributed by atoms with van der Waals surface area (Å²) >= 11 is 0. The van der Waals surface area contributed by atoms with Gasteiger partial charge in [-0.25, -0.2) is 13.5 Å². The highest BCUT2D eigenvalue weighted by molar-refractivity contribution is 5.97. The van der Waals surface area contributed by atoms with Gasteiger partial charge in [0, 0.05) is 19.2 Å². The van der Waals surface area contributed by atoms with Crippen molar-refractivity contribution in [3.63, 3.8) is 0 Å². The molecule has 34 heavy (non-hydrogen) atoms. The Balaban J connectivity index is 1.64. The molecule has 1 aliphatic heterocycles. The lowest BCUT2D eigenvalue weighted by Crippen LogP contribution is -2.38. The van der Waals surface area contributed by atoms with E-state index in [2.05, 4.69) is 10.1 Å². The minimum Gasteiger partial charge on any atom is -0.392 e. The van der Waals surface area contributed by atoms with Gasteiger partial charge in [-0.1, -0.05) is 12.1 Å². The van der Waals surface area contributed by atoms with Crippen molar-refractivity contribution in [1.29, 1.82) is 0 Å². The van der Waals surface area contributed by atoms with Crippen molar-refractivity contribution in [2.75, 3.05) is 31.2 Å². The number of aliphatic hydroxyl groups is 1. The van der Waals surface area contributed by atoms with Crippen LogP contribution in [0, 0.1) is 0 Å². The summed E-state index contributed by atoms with van der Waals surface area (Å²) in [6.07, 6.45) is 1.62. The minimum absolute atomic E-state index is 0.0738. The van der Waals surface area contributed by atoms with Gasteiger partial charge in [0.15, 0.2) is 11.3 Å². The number of benzene rings is 1. The van der Waals surface area contributed by atoms with Crippen LogP contribution in [0.2, 0.25) is 0 Å². The molecule has 5 rings (SSSR count). The van der Waals surface area contributed by atoms with Gasteiger partial charge in [-0.05, 0) is 22.7 Å². The standard InChI is InChI=1S/C22H21F2N7O3/c23-20(24)19-17(12-29(27-19)15-3-1-14(13-32)2-4-15)31-11-16(21(25)33)22-26-18(5-6-30(22)31)28-7-9-34-10-8-28/h1-6,11-12,20,32H,7-10,13H2,(H-,25,33)/p+1. The molecule has 176 valence electrons. The fourth-order valence-electron chi connectivity index (χ4n) is 3.93. The van der Waals surface area contributed by atoms with Gasteiger partial charge in [0.2, 0.25) is 5.82 Å². The number of halogens is 2. The normalized spacial score (nSPS) is 14.3. The molecule has 1 aliphatic rings. The van der Waals surface area contributed by atoms with Crippen molar-refractivity contribution < 1.29 is 27.9 Å². The number of alkyl halides is 2. The molecule has 0 radical (unpaired) electrons. The zero-order valence-electron chi connectivity index (χ0n) is 18.0. The Labute approximate surface area is 192 Å². The van der Waals surface area contributed by atoms with E-state index in [4.69, 9.17) is 10.5 Å². The van der Waals surface area contributed by atoms with Crippen molar-refractivity contribution in [3.05, 3.63) is 65.7 Å². The molecule has 0 atom stereocenters. The number of nitrogens with two attached hydrogens (primary N) is 1. The summed E-state index contributed by atoms with van der Waals surface area (Å²) in [6, 6.07) is 8.45. The van der Waals surface area contributed by atoms with E-state index >= 15 is 0 Å². The first-order chi connectivity index (χ1) is 16.5. The number of carbonyl (C=O) groups excluding carboxylic acids is 1. The fourth-order valence-corrected chi connectivity index (χ4v) is 3.93. The molecule has 1 saturated heterocycles. The average Bonchev–Trinajstić information content (AvgIpc) is 3.46. The molecule has 3 aromatic heterocycles. The summed E-state index contributed by atoms with van der Waals surface area (Å²) in [4.78, 5) is 18.8. The molecular formula is C22H22F2N7O3+. The maximum Gasteiger partial charge on any atom is 0.363 e. The van der Waals surface area contributed by atoms with Crippen molar-refractivity contribution in [2.45, 2.75) is 13.0 Å². The van der Waals surface area contributed by atoms with Crippen LogP contribution in [0.3, 0.4) is 0 Å². The smallest absolute Gasteiger partial charge is 0.363 e. The maximum atomic E-state index is 14.0. The number of aliphatic hydroxyl groups excluding tert-OH is 1. The van der Waals surface area contributed by atoms with Gasteiger partial charge >= 0.3 is 5.65 Å². The highest BCUT2D eigenvalue weighted by Crippen LogP contribution is 2.26. The molecule has 0 unspecified atom stereocenters. The topological polar surface area (TPSA) is 116 Å². The lowest BCUT2D eigenvalue weighted by atomic mass is 10.2. The van der Waals surface area contributed by atoms with Crippen LogP contribution < -0.4 is 15.1 Å². The Morgan fingerprint density at radius 3 is 2.56 bits per heavy atom. The Bertz CT molecular complexity index is 1340. The Hall–Kier alpha value is -3.90. The van der Waals surface area contributed by atoms with Crippen LogP contribution in [0.25, 0.3) is 17.0 Å². The number of aromatic nitrogens is 5. The number of hydrogen-bond donors (Lipinski definition) is 2. The van der Waals surface area contributed by atoms with E-state index in [1.54, 1.807) is 36.5 Å². The number of morpholine rings is 1. The summed E-state index contributed by atoms with van der Waals surface area (Å²) in [5.74, 6) is -0.0919. The molecule has 1 fully saturated rings. The number of anilines is 1. The number of fused-ring (bicyclic) bond motifs is 1. The molecule has 3 N–H and O–H groups in total. The predicted octanol–water partition coefficient (Wildman–Crippen LogP) is 1.16. The van der Waals surface area contributed by atoms with E-state index in [1.165, 1.54) is 26.3 Å². The molecule has 0 aliphatic carbocycles. The molecule has 10 nitrogen and oxygen atoms in total. The Morgan fingerprint density at radius 2 is 1.91 bits per heavy atom. The molecule has 0 bridgehead atoms. The minimum atomic E-state index is -2.87. The van der Waals surface area contributed by atoms with E-state index < -0.39 is 18.0 Å². The lowest BCUT2D eigenvalue weighted by Gasteiger charge is -2.25. The second-order valence-corrected chi connectivity index (χ2v) is 7.77. The second-order valence-electron chi connectivity index (χ2n) is 7.77. The SMILES string of the molecule is NC(=O)c1cn(-c2cn(-c3ccc(CO)cc3)nc2C(F)F)[n+]2ccc(N3CCOCC3)nc12. The van der Waals surface area contributed by atoms with Crippen LogP contribution in [0.4, 0.5) is 14.6 Å². The maximum absolute atomic E-state index is 14.0. The molecule has 1 amide bonds. The zero-order valence-corrected chi connectivity index (χ0v) is 18.0. The van der Waals surface area contributed by atoms with Gasteiger partial charge in [-0.3, -0.25) is 4.79 Å². The quantitative estimate of drug-likeness (QED) is 0.409. The predicted molar refractivity (Wildman–Crippen MR) is 116 cm³/mol. The molecule has 1 aromatic carbocycles. The van der Waals surface area contributed by atoms with Crippen molar-refractivity contribution >= 4 is 17.4 Å². The highest BCUT2D eigenvalue weighted by Gasteiger charge is 2.29. The number of nitrogens with zero attached hydrogens (tertiary/aromatic N) is 6. The molecule has 4 heterocycles. The number of ether oxygens (including phenoxy) is 1. The Kier molecular flexibility index (Phi) is 5.67. The van der Waals surface area contributed by atoms with Crippen molar-refractivity contribution in [1.82, 2.24) is 19.4 Å². The molecule has 12 heteroatoms. The first kappa shape index (κ1) is 21.9. The second kappa shape index (κ2) is 8.80. The highest BCUT2D eigenvalue weighted by atomic mass is 19.3. The molecular weight excluding hydrogens is 448 g/mol. The van der Waals surface area contributed by atoms with Crippen LogP contribution in [0.1, 0.15) is 28.0 Å². The Morgan fingerprint density at radius 1 is 1.18 bits per heavy atom. The van der Waals surface area contributed by atoms with Crippen LogP contribution in [-0.4, -0.2) is 56.8 Å². The monoisotopic (exact) mass is 470 g/mol. The summed E-state index contributed by atoms with van der Waals surface area (Å²) < 4.78 is 37.5.